The number of fused-ring (bicyclic) bond motifs is 1. The number of nitrogens with one attached hydrogen (secondary N) is 1. The molecular formula is C33H33N3O2. The predicted molar refractivity (Wildman–Crippen MR) is 153 cm³/mol. The van der Waals surface area contributed by atoms with Crippen molar-refractivity contribution >= 4 is 16.9 Å². The molecule has 0 aliphatic carbocycles. The lowest BCUT2D eigenvalue weighted by atomic mass is 10.0. The van der Waals surface area contributed by atoms with E-state index < -0.39 is 0 Å². The monoisotopic (exact) mass is 503 g/mol. The first kappa shape index (κ1) is 25.3. The van der Waals surface area contributed by atoms with Crippen LogP contribution in [0.25, 0.3) is 22.2 Å². The molecule has 4 aromatic carbocycles. The van der Waals surface area contributed by atoms with E-state index in [0.717, 1.165) is 59.5 Å². The number of carbonyl (C=O) groups excluding carboxylic acids is 1. The van der Waals surface area contributed by atoms with Gasteiger partial charge in [0.2, 0.25) is 5.91 Å². The molecule has 5 aromatic rings. The van der Waals surface area contributed by atoms with Gasteiger partial charge in [-0.15, -0.1) is 0 Å². The number of ether oxygens (including phenoxy) is 1. The number of carbonyl (C=O) groups is 1. The van der Waals surface area contributed by atoms with Crippen molar-refractivity contribution in [3.8, 4) is 16.9 Å². The van der Waals surface area contributed by atoms with E-state index >= 15 is 0 Å². The predicted octanol–water partition coefficient (Wildman–Crippen LogP) is 6.46. The molecule has 0 aliphatic rings. The lowest BCUT2D eigenvalue weighted by Gasteiger charge is -2.11. The molecule has 0 aliphatic heterocycles. The second-order valence-corrected chi connectivity index (χ2v) is 9.38. The summed E-state index contributed by atoms with van der Waals surface area (Å²) < 4.78 is 8.17. The molecule has 5 heteroatoms. The zero-order valence-electron chi connectivity index (χ0n) is 21.6. The normalized spacial score (nSPS) is 10.9. The Labute approximate surface area is 224 Å². The maximum Gasteiger partial charge on any atom is 0.224 e. The highest BCUT2D eigenvalue weighted by molar-refractivity contribution is 5.79. The van der Waals surface area contributed by atoms with Crippen molar-refractivity contribution in [2.45, 2.75) is 32.2 Å². The van der Waals surface area contributed by atoms with Crippen molar-refractivity contribution in [2.24, 2.45) is 0 Å². The average Bonchev–Trinajstić information content (AvgIpc) is 3.32. The summed E-state index contributed by atoms with van der Waals surface area (Å²) in [5.74, 6) is 1.99. The van der Waals surface area contributed by atoms with E-state index in [2.05, 4.69) is 52.3 Å². The van der Waals surface area contributed by atoms with E-state index in [9.17, 15) is 4.79 Å². The minimum absolute atomic E-state index is 0.0454. The van der Waals surface area contributed by atoms with E-state index in [-0.39, 0.29) is 5.91 Å². The molecule has 5 rings (SSSR count). The first-order chi connectivity index (χ1) is 18.8. The second-order valence-electron chi connectivity index (χ2n) is 9.38. The SMILES string of the molecule is O=C(Cc1ccc(-c2ccccc2)cc1)NCCCc1nc2ccccc2n1CCCOc1ccccc1. The zero-order valence-corrected chi connectivity index (χ0v) is 21.6. The number of para-hydroxylation sites is 3. The Hall–Kier alpha value is -4.38. The van der Waals surface area contributed by atoms with Crippen molar-refractivity contribution < 1.29 is 9.53 Å². The van der Waals surface area contributed by atoms with E-state index in [4.69, 9.17) is 9.72 Å². The highest BCUT2D eigenvalue weighted by atomic mass is 16.5. The van der Waals surface area contributed by atoms with Crippen LogP contribution in [0.4, 0.5) is 0 Å². The summed E-state index contributed by atoms with van der Waals surface area (Å²) in [7, 11) is 0. The number of amides is 1. The van der Waals surface area contributed by atoms with Crippen LogP contribution in [0.15, 0.2) is 109 Å². The maximum atomic E-state index is 12.5. The average molecular weight is 504 g/mol. The Morgan fingerprint density at radius 1 is 0.763 bits per heavy atom. The van der Waals surface area contributed by atoms with Gasteiger partial charge >= 0.3 is 0 Å². The van der Waals surface area contributed by atoms with Crippen LogP contribution in [0.5, 0.6) is 5.75 Å². The van der Waals surface area contributed by atoms with Crippen LogP contribution in [0.2, 0.25) is 0 Å². The Kier molecular flexibility index (Phi) is 8.47. The van der Waals surface area contributed by atoms with Gasteiger partial charge < -0.3 is 14.6 Å². The highest BCUT2D eigenvalue weighted by Crippen LogP contribution is 2.20. The van der Waals surface area contributed by atoms with Crippen LogP contribution in [0.1, 0.15) is 24.2 Å². The molecule has 1 amide bonds. The van der Waals surface area contributed by atoms with Crippen molar-refractivity contribution in [2.75, 3.05) is 13.2 Å². The fourth-order valence-electron chi connectivity index (χ4n) is 4.66. The van der Waals surface area contributed by atoms with Crippen LogP contribution in [-0.2, 0) is 24.2 Å². The van der Waals surface area contributed by atoms with Gasteiger partial charge in [-0.2, -0.15) is 0 Å². The topological polar surface area (TPSA) is 56.2 Å². The number of nitrogens with zero attached hydrogens (tertiary/aromatic N) is 2. The highest BCUT2D eigenvalue weighted by Gasteiger charge is 2.11. The van der Waals surface area contributed by atoms with Gasteiger partial charge in [0, 0.05) is 19.5 Å². The number of hydrogen-bond acceptors (Lipinski definition) is 3. The molecule has 38 heavy (non-hydrogen) atoms. The Morgan fingerprint density at radius 2 is 1.45 bits per heavy atom. The van der Waals surface area contributed by atoms with Gasteiger partial charge in [-0.1, -0.05) is 84.9 Å². The van der Waals surface area contributed by atoms with E-state index in [1.54, 1.807) is 0 Å². The fourth-order valence-corrected chi connectivity index (χ4v) is 4.66. The van der Waals surface area contributed by atoms with E-state index in [1.165, 1.54) is 5.56 Å². The molecule has 1 aromatic heterocycles. The number of aromatic nitrogens is 2. The minimum atomic E-state index is 0.0454. The van der Waals surface area contributed by atoms with E-state index in [1.807, 2.05) is 66.7 Å². The maximum absolute atomic E-state index is 12.5. The quantitative estimate of drug-likeness (QED) is 0.199. The number of hydrogen-bond donors (Lipinski definition) is 1. The lowest BCUT2D eigenvalue weighted by molar-refractivity contribution is -0.120. The summed E-state index contributed by atoms with van der Waals surface area (Å²) >= 11 is 0. The number of imidazole rings is 1. The Morgan fingerprint density at radius 3 is 2.24 bits per heavy atom. The first-order valence-corrected chi connectivity index (χ1v) is 13.3. The van der Waals surface area contributed by atoms with Crippen LogP contribution in [-0.4, -0.2) is 28.6 Å². The molecule has 5 nitrogen and oxygen atoms in total. The molecule has 0 unspecified atom stereocenters. The first-order valence-electron chi connectivity index (χ1n) is 13.3. The van der Waals surface area contributed by atoms with Crippen molar-refractivity contribution in [3.05, 3.63) is 121 Å². The summed E-state index contributed by atoms with van der Waals surface area (Å²) in [6.07, 6.45) is 2.92. The zero-order chi connectivity index (χ0) is 26.0. The Bertz CT molecular complexity index is 1440. The van der Waals surface area contributed by atoms with Gasteiger partial charge in [0.25, 0.3) is 0 Å². The lowest BCUT2D eigenvalue weighted by Crippen LogP contribution is -2.26. The van der Waals surface area contributed by atoms with Crippen molar-refractivity contribution in [1.29, 1.82) is 0 Å². The van der Waals surface area contributed by atoms with Crippen LogP contribution >= 0.6 is 0 Å². The standard InChI is InChI=1S/C33H33N3O2/c37-33(25-26-18-20-28(21-19-26)27-11-3-1-4-12-27)34-22-9-17-32-35-30-15-7-8-16-31(30)36(32)23-10-24-38-29-13-5-2-6-14-29/h1-8,11-16,18-21H,9-10,17,22-25H2,(H,34,37). The van der Waals surface area contributed by atoms with Gasteiger partial charge in [0.1, 0.15) is 11.6 Å². The van der Waals surface area contributed by atoms with Gasteiger partial charge in [-0.25, -0.2) is 4.98 Å². The number of aryl methyl sites for hydroxylation is 2. The van der Waals surface area contributed by atoms with Gasteiger partial charge in [-0.3, -0.25) is 4.79 Å². The molecular weight excluding hydrogens is 470 g/mol. The largest absolute Gasteiger partial charge is 0.494 e. The minimum Gasteiger partial charge on any atom is -0.494 e. The molecule has 1 heterocycles. The van der Waals surface area contributed by atoms with Crippen molar-refractivity contribution in [3.63, 3.8) is 0 Å². The Balaban J connectivity index is 1.10. The van der Waals surface area contributed by atoms with Crippen LogP contribution in [0.3, 0.4) is 0 Å². The van der Waals surface area contributed by atoms with Crippen LogP contribution in [0, 0.1) is 0 Å². The summed E-state index contributed by atoms with van der Waals surface area (Å²) in [5.41, 5.74) is 5.50. The fraction of sp³-hybridized carbons (Fsp3) is 0.212. The molecule has 0 bridgehead atoms. The molecule has 0 radical (unpaired) electrons. The molecule has 1 N–H and O–H groups in total. The molecule has 192 valence electrons. The van der Waals surface area contributed by atoms with E-state index in [0.29, 0.717) is 19.6 Å². The molecule has 0 fully saturated rings. The third-order valence-electron chi connectivity index (χ3n) is 6.60. The smallest absolute Gasteiger partial charge is 0.224 e. The third-order valence-corrected chi connectivity index (χ3v) is 6.60. The van der Waals surface area contributed by atoms with Gasteiger partial charge in [0.15, 0.2) is 0 Å². The summed E-state index contributed by atoms with van der Waals surface area (Å²) in [5, 5.41) is 3.08. The summed E-state index contributed by atoms with van der Waals surface area (Å²) in [6.45, 7) is 2.12. The molecule has 0 atom stereocenters. The van der Waals surface area contributed by atoms with Gasteiger partial charge in [0.05, 0.1) is 24.1 Å². The van der Waals surface area contributed by atoms with Crippen LogP contribution < -0.4 is 10.1 Å². The molecule has 0 spiro atoms. The number of rotatable bonds is 12. The third kappa shape index (κ3) is 6.68. The summed E-state index contributed by atoms with van der Waals surface area (Å²) in [6, 6.07) is 36.6. The summed E-state index contributed by atoms with van der Waals surface area (Å²) in [4.78, 5) is 17.4. The molecule has 0 saturated heterocycles. The molecule has 0 saturated carbocycles. The van der Waals surface area contributed by atoms with Gasteiger partial charge in [-0.05, 0) is 53.8 Å². The second kappa shape index (κ2) is 12.7. The van der Waals surface area contributed by atoms with Crippen molar-refractivity contribution in [1.82, 2.24) is 14.9 Å². The number of benzene rings is 4.